The predicted molar refractivity (Wildman–Crippen MR) is 73.6 cm³/mol. The van der Waals surface area contributed by atoms with Crippen molar-refractivity contribution in [2.75, 3.05) is 25.9 Å². The topological polar surface area (TPSA) is 104 Å². The Balaban J connectivity index is 2.45. The van der Waals surface area contributed by atoms with E-state index in [1.807, 2.05) is 0 Å². The average molecular weight is 306 g/mol. The summed E-state index contributed by atoms with van der Waals surface area (Å²) in [6.07, 6.45) is 2.46. The molecule has 0 saturated carbocycles. The number of hydrogen-bond acceptors (Lipinski definition) is 4. The summed E-state index contributed by atoms with van der Waals surface area (Å²) in [5.74, 6) is -1.59. The first-order valence-corrected chi connectivity index (χ1v) is 8.49. The molecule has 0 aromatic heterocycles. The summed E-state index contributed by atoms with van der Waals surface area (Å²) in [4.78, 5) is 22.5. The molecule has 1 saturated heterocycles. The van der Waals surface area contributed by atoms with Crippen LogP contribution in [-0.2, 0) is 19.6 Å². The van der Waals surface area contributed by atoms with Crippen LogP contribution >= 0.6 is 0 Å². The SMILES string of the molecule is C[C@@H](CNC(=O)[C@@H]1CCCN(S(C)(=O)=O)C1)CC(=O)O. The second kappa shape index (κ2) is 7.03. The number of piperidine rings is 1. The number of carboxylic acids is 1. The monoisotopic (exact) mass is 306 g/mol. The van der Waals surface area contributed by atoms with Crippen LogP contribution in [0.5, 0.6) is 0 Å². The Hall–Kier alpha value is -1.15. The number of hydrogen-bond donors (Lipinski definition) is 2. The van der Waals surface area contributed by atoms with Gasteiger partial charge in [0.05, 0.1) is 12.2 Å². The zero-order valence-electron chi connectivity index (χ0n) is 11.8. The van der Waals surface area contributed by atoms with Gasteiger partial charge in [-0.15, -0.1) is 0 Å². The van der Waals surface area contributed by atoms with E-state index in [0.717, 1.165) is 6.26 Å². The quantitative estimate of drug-likeness (QED) is 0.712. The number of aliphatic carboxylic acids is 1. The van der Waals surface area contributed by atoms with Crippen LogP contribution in [0.3, 0.4) is 0 Å². The van der Waals surface area contributed by atoms with E-state index in [4.69, 9.17) is 5.11 Å². The van der Waals surface area contributed by atoms with E-state index in [0.29, 0.717) is 25.9 Å². The van der Waals surface area contributed by atoms with Crippen LogP contribution in [-0.4, -0.2) is 55.6 Å². The first-order valence-electron chi connectivity index (χ1n) is 6.64. The van der Waals surface area contributed by atoms with Crippen molar-refractivity contribution in [3.63, 3.8) is 0 Å². The average Bonchev–Trinajstić information content (AvgIpc) is 2.34. The van der Waals surface area contributed by atoms with Gasteiger partial charge in [-0.25, -0.2) is 12.7 Å². The Bertz CT molecular complexity index is 462. The maximum absolute atomic E-state index is 12.0. The van der Waals surface area contributed by atoms with Gasteiger partial charge in [0.15, 0.2) is 0 Å². The van der Waals surface area contributed by atoms with Crippen LogP contribution in [0.1, 0.15) is 26.2 Å². The number of rotatable bonds is 6. The fourth-order valence-electron chi connectivity index (χ4n) is 2.25. The molecule has 1 fully saturated rings. The third-order valence-corrected chi connectivity index (χ3v) is 4.64. The lowest BCUT2D eigenvalue weighted by Crippen LogP contribution is -2.45. The van der Waals surface area contributed by atoms with Crippen molar-refractivity contribution >= 4 is 21.9 Å². The molecule has 0 spiro atoms. The number of sulfonamides is 1. The molecule has 0 bridgehead atoms. The Kier molecular flexibility index (Phi) is 5.94. The maximum Gasteiger partial charge on any atom is 0.303 e. The van der Waals surface area contributed by atoms with Gasteiger partial charge in [-0.1, -0.05) is 6.92 Å². The Morgan fingerprint density at radius 2 is 2.10 bits per heavy atom. The number of nitrogens with zero attached hydrogens (tertiary/aromatic N) is 1. The van der Waals surface area contributed by atoms with Crippen molar-refractivity contribution < 1.29 is 23.1 Å². The van der Waals surface area contributed by atoms with Crippen molar-refractivity contribution in [2.45, 2.75) is 26.2 Å². The van der Waals surface area contributed by atoms with E-state index in [-0.39, 0.29) is 30.7 Å². The molecule has 116 valence electrons. The highest BCUT2D eigenvalue weighted by molar-refractivity contribution is 7.88. The lowest BCUT2D eigenvalue weighted by molar-refractivity contribution is -0.138. The van der Waals surface area contributed by atoms with Crippen molar-refractivity contribution in [3.05, 3.63) is 0 Å². The van der Waals surface area contributed by atoms with Gasteiger partial charge in [-0.3, -0.25) is 9.59 Å². The first kappa shape index (κ1) is 16.9. The fourth-order valence-corrected chi connectivity index (χ4v) is 3.16. The third kappa shape index (κ3) is 5.46. The summed E-state index contributed by atoms with van der Waals surface area (Å²) in [7, 11) is -3.26. The number of nitrogens with one attached hydrogen (secondary N) is 1. The molecule has 1 rings (SSSR count). The standard InChI is InChI=1S/C12H22N2O5S/c1-9(6-11(15)16)7-13-12(17)10-4-3-5-14(8-10)20(2,18)19/h9-10H,3-8H2,1-2H3,(H,13,17)(H,15,16)/t9-,10-/m1/s1. The maximum atomic E-state index is 12.0. The summed E-state index contributed by atoms with van der Waals surface area (Å²) in [5, 5.41) is 11.3. The third-order valence-electron chi connectivity index (χ3n) is 3.37. The van der Waals surface area contributed by atoms with E-state index >= 15 is 0 Å². The number of carboxylic acid groups (broad SMARTS) is 1. The minimum atomic E-state index is -3.26. The number of carbonyl (C=O) groups excluding carboxylic acids is 1. The molecule has 7 nitrogen and oxygen atoms in total. The summed E-state index contributed by atoms with van der Waals surface area (Å²) < 4.78 is 24.3. The van der Waals surface area contributed by atoms with Crippen LogP contribution < -0.4 is 5.32 Å². The normalized spacial score (nSPS) is 22.2. The summed E-state index contributed by atoms with van der Waals surface area (Å²) in [6, 6.07) is 0. The highest BCUT2D eigenvalue weighted by Crippen LogP contribution is 2.18. The van der Waals surface area contributed by atoms with Crippen LogP contribution in [0.2, 0.25) is 0 Å². The van der Waals surface area contributed by atoms with Crippen LogP contribution in [0.15, 0.2) is 0 Å². The van der Waals surface area contributed by atoms with Crippen LogP contribution in [0.4, 0.5) is 0 Å². The van der Waals surface area contributed by atoms with Crippen molar-refractivity contribution in [3.8, 4) is 0 Å². The minimum Gasteiger partial charge on any atom is -0.481 e. The highest BCUT2D eigenvalue weighted by Gasteiger charge is 2.30. The lowest BCUT2D eigenvalue weighted by atomic mass is 9.98. The van der Waals surface area contributed by atoms with Crippen molar-refractivity contribution in [2.24, 2.45) is 11.8 Å². The zero-order chi connectivity index (χ0) is 15.3. The van der Waals surface area contributed by atoms with Gasteiger partial charge in [0.1, 0.15) is 0 Å². The van der Waals surface area contributed by atoms with Gasteiger partial charge in [0.2, 0.25) is 15.9 Å². The summed E-state index contributed by atoms with van der Waals surface area (Å²) in [5.41, 5.74) is 0. The van der Waals surface area contributed by atoms with E-state index in [2.05, 4.69) is 5.32 Å². The molecule has 2 atom stereocenters. The van der Waals surface area contributed by atoms with E-state index in [1.165, 1.54) is 4.31 Å². The second-order valence-electron chi connectivity index (χ2n) is 5.41. The number of carbonyl (C=O) groups is 2. The molecule has 8 heteroatoms. The summed E-state index contributed by atoms with van der Waals surface area (Å²) in [6.45, 7) is 2.70. The molecule has 1 heterocycles. The number of amides is 1. The summed E-state index contributed by atoms with van der Waals surface area (Å²) >= 11 is 0. The molecule has 1 aliphatic heterocycles. The van der Waals surface area contributed by atoms with Gasteiger partial charge in [0, 0.05) is 26.1 Å². The van der Waals surface area contributed by atoms with E-state index in [1.54, 1.807) is 6.92 Å². The highest BCUT2D eigenvalue weighted by atomic mass is 32.2. The Morgan fingerprint density at radius 1 is 1.45 bits per heavy atom. The van der Waals surface area contributed by atoms with E-state index < -0.39 is 16.0 Å². The molecule has 0 aromatic carbocycles. The molecule has 2 N–H and O–H groups in total. The fraction of sp³-hybridized carbons (Fsp3) is 0.833. The van der Waals surface area contributed by atoms with Crippen molar-refractivity contribution in [1.82, 2.24) is 9.62 Å². The zero-order valence-corrected chi connectivity index (χ0v) is 12.6. The van der Waals surface area contributed by atoms with Gasteiger partial charge < -0.3 is 10.4 Å². The second-order valence-corrected chi connectivity index (χ2v) is 7.39. The smallest absolute Gasteiger partial charge is 0.303 e. The van der Waals surface area contributed by atoms with Gasteiger partial charge in [-0.05, 0) is 18.8 Å². The molecule has 0 aliphatic carbocycles. The van der Waals surface area contributed by atoms with Gasteiger partial charge in [0.25, 0.3) is 0 Å². The molecule has 20 heavy (non-hydrogen) atoms. The van der Waals surface area contributed by atoms with Gasteiger partial charge >= 0.3 is 5.97 Å². The van der Waals surface area contributed by atoms with E-state index in [9.17, 15) is 18.0 Å². The molecule has 1 amide bonds. The Morgan fingerprint density at radius 3 is 2.65 bits per heavy atom. The van der Waals surface area contributed by atoms with Crippen LogP contribution in [0, 0.1) is 11.8 Å². The molecule has 0 radical (unpaired) electrons. The Labute approximate surface area is 119 Å². The molecular weight excluding hydrogens is 284 g/mol. The molecule has 1 aliphatic rings. The van der Waals surface area contributed by atoms with Crippen LogP contribution in [0.25, 0.3) is 0 Å². The minimum absolute atomic E-state index is 0.000408. The molecule has 0 unspecified atom stereocenters. The largest absolute Gasteiger partial charge is 0.481 e. The molecule has 0 aromatic rings. The first-order chi connectivity index (χ1) is 9.20. The molecular formula is C12H22N2O5S. The predicted octanol–water partition coefficient (Wildman–Crippen LogP) is -0.115. The lowest BCUT2D eigenvalue weighted by Gasteiger charge is -2.30. The van der Waals surface area contributed by atoms with Gasteiger partial charge in [-0.2, -0.15) is 0 Å². The van der Waals surface area contributed by atoms with Crippen molar-refractivity contribution in [1.29, 1.82) is 0 Å².